The summed E-state index contributed by atoms with van der Waals surface area (Å²) < 4.78 is 11.5. The van der Waals surface area contributed by atoms with Gasteiger partial charge in [0.25, 0.3) is 0 Å². The predicted octanol–water partition coefficient (Wildman–Crippen LogP) is 1.31. The number of aromatic nitrogens is 4. The van der Waals surface area contributed by atoms with Gasteiger partial charge >= 0.3 is 5.97 Å². The number of alkyl halides is 1. The van der Waals surface area contributed by atoms with Gasteiger partial charge in [0.1, 0.15) is 18.2 Å². The van der Waals surface area contributed by atoms with Gasteiger partial charge in [-0.25, -0.2) is 14.8 Å². The van der Waals surface area contributed by atoms with E-state index in [0.29, 0.717) is 22.9 Å². The van der Waals surface area contributed by atoms with Crippen molar-refractivity contribution in [2.75, 3.05) is 14.2 Å². The number of fused-ring (bicyclic) bond motifs is 1. The lowest BCUT2D eigenvalue weighted by Gasteiger charge is -2.13. The number of carbonyl (C=O) groups excluding carboxylic acids is 1. The second kappa shape index (κ2) is 5.40. The van der Waals surface area contributed by atoms with Crippen LogP contribution in [0.4, 0.5) is 0 Å². The van der Waals surface area contributed by atoms with E-state index in [4.69, 9.17) is 21.1 Å². The number of imidazole rings is 1. The van der Waals surface area contributed by atoms with Crippen molar-refractivity contribution in [2.45, 2.75) is 18.8 Å². The van der Waals surface area contributed by atoms with Crippen LogP contribution < -0.4 is 4.74 Å². The Kier molecular flexibility index (Phi) is 3.84. The minimum Gasteiger partial charge on any atom is -0.479 e. The molecule has 0 spiro atoms. The molecule has 2 aromatic rings. The molecule has 102 valence electrons. The zero-order valence-corrected chi connectivity index (χ0v) is 11.5. The lowest BCUT2D eigenvalue weighted by molar-refractivity contribution is -0.143. The van der Waals surface area contributed by atoms with Crippen molar-refractivity contribution < 1.29 is 14.3 Å². The van der Waals surface area contributed by atoms with E-state index in [0.717, 1.165) is 0 Å². The number of hydrogen-bond acceptors (Lipinski definition) is 6. The third-order valence-corrected chi connectivity index (χ3v) is 3.00. The van der Waals surface area contributed by atoms with Gasteiger partial charge in [-0.2, -0.15) is 4.98 Å². The van der Waals surface area contributed by atoms with Crippen LogP contribution in [0.15, 0.2) is 6.33 Å². The van der Waals surface area contributed by atoms with Gasteiger partial charge in [-0.05, 0) is 6.92 Å². The Morgan fingerprint density at radius 2 is 2.21 bits per heavy atom. The van der Waals surface area contributed by atoms with Crippen LogP contribution in [0.5, 0.6) is 5.88 Å². The van der Waals surface area contributed by atoms with Crippen molar-refractivity contribution >= 4 is 28.7 Å². The zero-order valence-electron chi connectivity index (χ0n) is 10.8. The van der Waals surface area contributed by atoms with Gasteiger partial charge in [0.2, 0.25) is 5.88 Å². The molecular formula is C11H13ClN4O3. The summed E-state index contributed by atoms with van der Waals surface area (Å²) >= 11 is 5.87. The fraction of sp³-hybridized carbons (Fsp3) is 0.455. The molecule has 1 atom stereocenters. The van der Waals surface area contributed by atoms with Gasteiger partial charge in [-0.15, -0.1) is 11.6 Å². The van der Waals surface area contributed by atoms with Crippen molar-refractivity contribution in [1.29, 1.82) is 0 Å². The zero-order chi connectivity index (χ0) is 14.0. The number of nitrogens with zero attached hydrogens (tertiary/aromatic N) is 4. The predicted molar refractivity (Wildman–Crippen MR) is 68.2 cm³/mol. The van der Waals surface area contributed by atoms with Gasteiger partial charge < -0.3 is 9.47 Å². The summed E-state index contributed by atoms with van der Waals surface area (Å²) in [4.78, 5) is 24.1. The molecule has 0 aliphatic heterocycles. The van der Waals surface area contributed by atoms with E-state index in [9.17, 15) is 4.79 Å². The van der Waals surface area contributed by atoms with Crippen LogP contribution in [-0.4, -0.2) is 39.7 Å². The van der Waals surface area contributed by atoms with Gasteiger partial charge in [0, 0.05) is 0 Å². The molecule has 0 fully saturated rings. The highest BCUT2D eigenvalue weighted by Crippen LogP contribution is 2.26. The first-order valence-corrected chi connectivity index (χ1v) is 6.07. The van der Waals surface area contributed by atoms with E-state index in [2.05, 4.69) is 15.0 Å². The summed E-state index contributed by atoms with van der Waals surface area (Å²) in [7, 11) is 2.82. The van der Waals surface area contributed by atoms with Gasteiger partial charge in [-0.1, -0.05) is 0 Å². The number of rotatable bonds is 4. The molecular weight excluding hydrogens is 272 g/mol. The molecule has 0 radical (unpaired) electrons. The molecule has 0 N–H and O–H groups in total. The summed E-state index contributed by atoms with van der Waals surface area (Å²) in [6.45, 7) is 1.69. The minimum atomic E-state index is -0.580. The summed E-state index contributed by atoms with van der Waals surface area (Å²) in [5.74, 6) is 0.588. The Morgan fingerprint density at radius 1 is 1.47 bits per heavy atom. The van der Waals surface area contributed by atoms with E-state index in [1.807, 2.05) is 0 Å². The van der Waals surface area contributed by atoms with E-state index >= 15 is 0 Å². The van der Waals surface area contributed by atoms with Crippen molar-refractivity contribution in [2.24, 2.45) is 0 Å². The molecule has 0 amide bonds. The summed E-state index contributed by atoms with van der Waals surface area (Å²) in [6, 6.07) is -0.580. The lowest BCUT2D eigenvalue weighted by Crippen LogP contribution is -2.19. The SMILES string of the molecule is COC(=O)C(C)n1c(CCl)nc2c(OC)ncnc21. The first-order valence-electron chi connectivity index (χ1n) is 5.53. The molecule has 19 heavy (non-hydrogen) atoms. The Morgan fingerprint density at radius 3 is 2.79 bits per heavy atom. The molecule has 0 aromatic carbocycles. The summed E-state index contributed by atoms with van der Waals surface area (Å²) in [6.07, 6.45) is 1.35. The molecule has 0 saturated carbocycles. The number of hydrogen-bond donors (Lipinski definition) is 0. The highest BCUT2D eigenvalue weighted by atomic mass is 35.5. The highest BCUT2D eigenvalue weighted by molar-refractivity contribution is 6.16. The van der Waals surface area contributed by atoms with E-state index < -0.39 is 12.0 Å². The normalized spacial score (nSPS) is 12.4. The Hall–Kier alpha value is -1.89. The molecule has 7 nitrogen and oxygen atoms in total. The average molecular weight is 285 g/mol. The number of esters is 1. The van der Waals surface area contributed by atoms with Crippen LogP contribution in [-0.2, 0) is 15.4 Å². The first-order chi connectivity index (χ1) is 9.13. The summed E-state index contributed by atoms with van der Waals surface area (Å²) in [5.41, 5.74) is 0.955. The fourth-order valence-electron chi connectivity index (χ4n) is 1.86. The standard InChI is InChI=1S/C11H13ClN4O3/c1-6(11(17)19-3)16-7(4-12)15-8-9(16)13-5-14-10(8)18-2/h5-6H,4H2,1-3H3. The van der Waals surface area contributed by atoms with Crippen LogP contribution in [0.3, 0.4) is 0 Å². The van der Waals surface area contributed by atoms with Crippen LogP contribution >= 0.6 is 11.6 Å². The van der Waals surface area contributed by atoms with Gasteiger partial charge in [-0.3, -0.25) is 4.57 Å². The molecule has 2 rings (SSSR count). The Labute approximate surface area is 114 Å². The fourth-order valence-corrected chi connectivity index (χ4v) is 2.05. The summed E-state index contributed by atoms with van der Waals surface area (Å²) in [5, 5.41) is 0. The maximum absolute atomic E-state index is 11.7. The molecule has 2 aromatic heterocycles. The molecule has 1 unspecified atom stereocenters. The second-order valence-corrected chi connectivity index (χ2v) is 4.05. The minimum absolute atomic E-state index is 0.140. The van der Waals surface area contributed by atoms with Gasteiger partial charge in [0.05, 0.1) is 20.1 Å². The van der Waals surface area contributed by atoms with Crippen LogP contribution in [0.2, 0.25) is 0 Å². The maximum atomic E-state index is 11.7. The Bertz CT molecular complexity index is 613. The van der Waals surface area contributed by atoms with Crippen molar-refractivity contribution in [1.82, 2.24) is 19.5 Å². The molecule has 0 aliphatic rings. The first kappa shape index (κ1) is 13.5. The quantitative estimate of drug-likeness (QED) is 0.622. The van der Waals surface area contributed by atoms with E-state index in [1.165, 1.54) is 20.5 Å². The van der Waals surface area contributed by atoms with Crippen molar-refractivity contribution in [3.63, 3.8) is 0 Å². The number of halogens is 1. The number of methoxy groups -OCH3 is 2. The molecule has 0 saturated heterocycles. The third-order valence-electron chi connectivity index (χ3n) is 2.76. The Balaban J connectivity index is 2.68. The maximum Gasteiger partial charge on any atom is 0.328 e. The molecule has 2 heterocycles. The lowest BCUT2D eigenvalue weighted by atomic mass is 10.3. The van der Waals surface area contributed by atoms with Gasteiger partial charge in [0.15, 0.2) is 11.2 Å². The van der Waals surface area contributed by atoms with Crippen LogP contribution in [0.1, 0.15) is 18.8 Å². The van der Waals surface area contributed by atoms with Crippen molar-refractivity contribution in [3.8, 4) is 5.88 Å². The van der Waals surface area contributed by atoms with Crippen LogP contribution in [0, 0.1) is 0 Å². The van der Waals surface area contributed by atoms with Crippen LogP contribution in [0.25, 0.3) is 11.2 Å². The third kappa shape index (κ3) is 2.21. The number of carbonyl (C=O) groups is 1. The topological polar surface area (TPSA) is 79.1 Å². The van der Waals surface area contributed by atoms with E-state index in [1.54, 1.807) is 11.5 Å². The molecule has 0 bridgehead atoms. The number of ether oxygens (including phenoxy) is 2. The average Bonchev–Trinajstić information content (AvgIpc) is 2.83. The van der Waals surface area contributed by atoms with E-state index in [-0.39, 0.29) is 5.88 Å². The second-order valence-electron chi connectivity index (χ2n) is 3.79. The van der Waals surface area contributed by atoms with Crippen molar-refractivity contribution in [3.05, 3.63) is 12.2 Å². The molecule has 8 heteroatoms. The molecule has 0 aliphatic carbocycles. The largest absolute Gasteiger partial charge is 0.479 e. The monoisotopic (exact) mass is 284 g/mol. The smallest absolute Gasteiger partial charge is 0.328 e. The highest BCUT2D eigenvalue weighted by Gasteiger charge is 2.24.